The molecule has 1 amide bonds. The van der Waals surface area contributed by atoms with Crippen LogP contribution in [0, 0.1) is 6.92 Å². The highest BCUT2D eigenvalue weighted by atomic mass is 32.1. The van der Waals surface area contributed by atoms with Crippen molar-refractivity contribution in [3.8, 4) is 0 Å². The first-order valence-electron chi connectivity index (χ1n) is 6.72. The second kappa shape index (κ2) is 5.89. The number of aryl methyl sites for hydroxylation is 2. The Hall–Kier alpha value is -1.46. The van der Waals surface area contributed by atoms with Crippen molar-refractivity contribution in [3.63, 3.8) is 0 Å². The van der Waals surface area contributed by atoms with Gasteiger partial charge in [0.2, 0.25) is 0 Å². The first kappa shape index (κ1) is 13.5. The number of hydrogen-bond donors (Lipinski definition) is 1. The SMILES string of the molecule is Cc1ccsc1/C=N/NC(=O)c1csc2c1CCCC2. The van der Waals surface area contributed by atoms with E-state index in [1.807, 2.05) is 23.8 Å². The molecule has 0 aromatic carbocycles. The van der Waals surface area contributed by atoms with E-state index < -0.39 is 0 Å². The van der Waals surface area contributed by atoms with E-state index in [1.165, 1.54) is 28.8 Å². The summed E-state index contributed by atoms with van der Waals surface area (Å²) >= 11 is 3.33. The summed E-state index contributed by atoms with van der Waals surface area (Å²) in [5.74, 6) is -0.0881. The number of rotatable bonds is 3. The molecule has 0 bridgehead atoms. The van der Waals surface area contributed by atoms with Crippen LogP contribution in [0.5, 0.6) is 0 Å². The Morgan fingerprint density at radius 1 is 1.35 bits per heavy atom. The Balaban J connectivity index is 1.69. The molecule has 0 fully saturated rings. The molecule has 0 atom stereocenters. The molecule has 0 saturated carbocycles. The van der Waals surface area contributed by atoms with Crippen LogP contribution in [0.4, 0.5) is 0 Å². The molecule has 1 N–H and O–H groups in total. The highest BCUT2D eigenvalue weighted by Crippen LogP contribution is 2.30. The van der Waals surface area contributed by atoms with Crippen molar-refractivity contribution in [2.75, 3.05) is 0 Å². The van der Waals surface area contributed by atoms with Crippen LogP contribution in [-0.4, -0.2) is 12.1 Å². The molecular weight excluding hydrogens is 288 g/mol. The van der Waals surface area contributed by atoms with E-state index in [0.717, 1.165) is 23.3 Å². The van der Waals surface area contributed by atoms with Crippen LogP contribution in [0.25, 0.3) is 0 Å². The van der Waals surface area contributed by atoms with Crippen LogP contribution < -0.4 is 5.43 Å². The van der Waals surface area contributed by atoms with Gasteiger partial charge in [-0.15, -0.1) is 22.7 Å². The molecule has 2 heterocycles. The van der Waals surface area contributed by atoms with Gasteiger partial charge < -0.3 is 0 Å². The van der Waals surface area contributed by atoms with E-state index in [9.17, 15) is 4.79 Å². The summed E-state index contributed by atoms with van der Waals surface area (Å²) < 4.78 is 0. The van der Waals surface area contributed by atoms with Crippen LogP contribution >= 0.6 is 22.7 Å². The largest absolute Gasteiger partial charge is 0.272 e. The predicted octanol–water partition coefficient (Wildman–Crippen LogP) is 3.76. The van der Waals surface area contributed by atoms with Gasteiger partial charge in [0.1, 0.15) is 0 Å². The fraction of sp³-hybridized carbons (Fsp3) is 0.333. The molecule has 0 unspecified atom stereocenters. The summed E-state index contributed by atoms with van der Waals surface area (Å²) in [6.07, 6.45) is 6.28. The van der Waals surface area contributed by atoms with Gasteiger partial charge in [-0.25, -0.2) is 5.43 Å². The van der Waals surface area contributed by atoms with Crippen molar-refractivity contribution in [2.45, 2.75) is 32.6 Å². The molecule has 20 heavy (non-hydrogen) atoms. The van der Waals surface area contributed by atoms with Crippen molar-refractivity contribution in [2.24, 2.45) is 5.10 Å². The van der Waals surface area contributed by atoms with Gasteiger partial charge >= 0.3 is 0 Å². The van der Waals surface area contributed by atoms with E-state index in [1.54, 1.807) is 28.9 Å². The maximum Gasteiger partial charge on any atom is 0.272 e. The fourth-order valence-corrected chi connectivity index (χ4v) is 4.32. The zero-order chi connectivity index (χ0) is 13.9. The maximum atomic E-state index is 12.2. The number of amides is 1. The highest BCUT2D eigenvalue weighted by Gasteiger charge is 2.19. The predicted molar refractivity (Wildman–Crippen MR) is 85.1 cm³/mol. The summed E-state index contributed by atoms with van der Waals surface area (Å²) in [4.78, 5) is 14.6. The molecule has 0 aliphatic heterocycles. The first-order valence-corrected chi connectivity index (χ1v) is 8.48. The van der Waals surface area contributed by atoms with Crippen molar-refractivity contribution < 1.29 is 4.79 Å². The van der Waals surface area contributed by atoms with E-state index in [0.29, 0.717) is 0 Å². The Morgan fingerprint density at radius 3 is 3.00 bits per heavy atom. The maximum absolute atomic E-state index is 12.2. The van der Waals surface area contributed by atoms with E-state index in [-0.39, 0.29) is 5.91 Å². The van der Waals surface area contributed by atoms with Crippen LogP contribution in [0.1, 0.15) is 44.1 Å². The Kier molecular flexibility index (Phi) is 3.98. The lowest BCUT2D eigenvalue weighted by atomic mass is 9.96. The van der Waals surface area contributed by atoms with Crippen molar-refractivity contribution in [3.05, 3.63) is 43.3 Å². The van der Waals surface area contributed by atoms with Gasteiger partial charge in [-0.05, 0) is 55.2 Å². The van der Waals surface area contributed by atoms with Gasteiger partial charge in [-0.1, -0.05) is 0 Å². The summed E-state index contributed by atoms with van der Waals surface area (Å²) in [7, 11) is 0. The van der Waals surface area contributed by atoms with Crippen LogP contribution in [-0.2, 0) is 12.8 Å². The Bertz CT molecular complexity index is 655. The van der Waals surface area contributed by atoms with Crippen LogP contribution in [0.15, 0.2) is 21.9 Å². The van der Waals surface area contributed by atoms with E-state index in [2.05, 4.69) is 10.5 Å². The Labute approximate surface area is 126 Å². The molecule has 1 aliphatic carbocycles. The third kappa shape index (κ3) is 2.69. The minimum absolute atomic E-state index is 0.0881. The summed E-state index contributed by atoms with van der Waals surface area (Å²) in [6.45, 7) is 2.04. The monoisotopic (exact) mass is 304 g/mol. The highest BCUT2D eigenvalue weighted by molar-refractivity contribution is 7.12. The zero-order valence-corrected chi connectivity index (χ0v) is 12.9. The molecule has 104 valence electrons. The van der Waals surface area contributed by atoms with Gasteiger partial charge in [0.25, 0.3) is 5.91 Å². The minimum atomic E-state index is -0.0881. The number of hydrogen-bond acceptors (Lipinski definition) is 4. The lowest BCUT2D eigenvalue weighted by molar-refractivity contribution is 0.0954. The molecule has 3 rings (SSSR count). The number of fused-ring (bicyclic) bond motifs is 1. The molecule has 0 radical (unpaired) electrons. The number of nitrogens with zero attached hydrogens (tertiary/aromatic N) is 1. The second-order valence-electron chi connectivity index (χ2n) is 4.93. The molecule has 2 aromatic rings. The summed E-state index contributed by atoms with van der Waals surface area (Å²) in [5.41, 5.74) is 5.87. The fourth-order valence-electron chi connectivity index (χ4n) is 2.41. The van der Waals surface area contributed by atoms with Crippen molar-refractivity contribution in [1.82, 2.24) is 5.43 Å². The van der Waals surface area contributed by atoms with Crippen LogP contribution in [0.3, 0.4) is 0 Å². The number of nitrogens with one attached hydrogen (secondary N) is 1. The second-order valence-corrected chi connectivity index (χ2v) is 6.84. The average molecular weight is 304 g/mol. The van der Waals surface area contributed by atoms with Gasteiger partial charge in [0, 0.05) is 15.1 Å². The topological polar surface area (TPSA) is 41.5 Å². The number of carbonyl (C=O) groups is 1. The summed E-state index contributed by atoms with van der Waals surface area (Å²) in [5, 5.41) is 8.06. The number of thiophene rings is 2. The first-order chi connectivity index (χ1) is 9.75. The molecule has 0 saturated heterocycles. The van der Waals surface area contributed by atoms with E-state index >= 15 is 0 Å². The standard InChI is InChI=1S/C15H16N2OS2/c1-10-6-7-19-14(10)8-16-17-15(18)12-9-20-13-5-3-2-4-11(12)13/h6-9H,2-5H2,1H3,(H,17,18)/b16-8+. The normalized spacial score (nSPS) is 14.4. The average Bonchev–Trinajstić information content (AvgIpc) is 3.05. The van der Waals surface area contributed by atoms with Gasteiger partial charge in [0.15, 0.2) is 0 Å². The third-order valence-corrected chi connectivity index (χ3v) is 5.60. The van der Waals surface area contributed by atoms with Crippen LogP contribution in [0.2, 0.25) is 0 Å². The molecule has 5 heteroatoms. The minimum Gasteiger partial charge on any atom is -0.267 e. The number of carbonyl (C=O) groups excluding carboxylic acids is 1. The van der Waals surface area contributed by atoms with Gasteiger partial charge in [0.05, 0.1) is 11.8 Å². The number of hydrazone groups is 1. The third-order valence-electron chi connectivity index (χ3n) is 3.56. The lowest BCUT2D eigenvalue weighted by Gasteiger charge is -2.11. The van der Waals surface area contributed by atoms with Crippen molar-refractivity contribution >= 4 is 34.8 Å². The lowest BCUT2D eigenvalue weighted by Crippen LogP contribution is -2.19. The van der Waals surface area contributed by atoms with Crippen molar-refractivity contribution in [1.29, 1.82) is 0 Å². The molecule has 3 nitrogen and oxygen atoms in total. The van der Waals surface area contributed by atoms with Gasteiger partial charge in [-0.3, -0.25) is 4.79 Å². The molecular formula is C15H16N2OS2. The summed E-state index contributed by atoms with van der Waals surface area (Å²) in [6, 6.07) is 2.04. The van der Waals surface area contributed by atoms with E-state index in [4.69, 9.17) is 0 Å². The van der Waals surface area contributed by atoms with Gasteiger partial charge in [-0.2, -0.15) is 5.10 Å². The Morgan fingerprint density at radius 2 is 2.20 bits per heavy atom. The zero-order valence-electron chi connectivity index (χ0n) is 11.3. The molecule has 2 aromatic heterocycles. The molecule has 1 aliphatic rings. The quantitative estimate of drug-likeness (QED) is 0.681. The molecule has 0 spiro atoms. The smallest absolute Gasteiger partial charge is 0.267 e.